The molecule has 4 heteroatoms. The highest BCUT2D eigenvalue weighted by atomic mass is 16.5. The number of nitrogens with zero attached hydrogens (tertiary/aromatic N) is 1. The fourth-order valence-corrected chi connectivity index (χ4v) is 3.63. The van der Waals surface area contributed by atoms with Gasteiger partial charge in [-0.05, 0) is 31.4 Å². The first kappa shape index (κ1) is 15.1. The standard InChI is InChI=1S/C18H23NO3/c20-16-14-18(10-5-2-6-11-18)17(21)19(16)12-7-13-22-15-8-3-1-4-9-15/h1,3-4,8-9H,2,5-7,10-14H2. The quantitative estimate of drug-likeness (QED) is 0.620. The molecule has 2 fully saturated rings. The highest BCUT2D eigenvalue weighted by molar-refractivity contribution is 6.05. The van der Waals surface area contributed by atoms with Gasteiger partial charge in [-0.2, -0.15) is 0 Å². The van der Waals surface area contributed by atoms with E-state index in [9.17, 15) is 9.59 Å². The lowest BCUT2D eigenvalue weighted by molar-refractivity contribution is -0.142. The Morgan fingerprint density at radius 3 is 2.50 bits per heavy atom. The van der Waals surface area contributed by atoms with Gasteiger partial charge in [0.05, 0.1) is 12.0 Å². The van der Waals surface area contributed by atoms with E-state index in [4.69, 9.17) is 4.74 Å². The Morgan fingerprint density at radius 2 is 1.77 bits per heavy atom. The van der Waals surface area contributed by atoms with Crippen LogP contribution in [-0.4, -0.2) is 29.9 Å². The second kappa shape index (κ2) is 6.51. The van der Waals surface area contributed by atoms with Crippen LogP contribution in [0, 0.1) is 5.41 Å². The number of carbonyl (C=O) groups excluding carboxylic acids is 2. The molecule has 4 nitrogen and oxygen atoms in total. The number of hydrogen-bond acceptors (Lipinski definition) is 3. The van der Waals surface area contributed by atoms with Crippen molar-refractivity contribution in [3.05, 3.63) is 30.3 Å². The molecule has 3 rings (SSSR count). The summed E-state index contributed by atoms with van der Waals surface area (Å²) in [5.74, 6) is 0.897. The molecule has 1 aliphatic carbocycles. The number of carbonyl (C=O) groups is 2. The zero-order valence-corrected chi connectivity index (χ0v) is 12.9. The Morgan fingerprint density at radius 1 is 1.05 bits per heavy atom. The molecule has 22 heavy (non-hydrogen) atoms. The Hall–Kier alpha value is -1.84. The summed E-state index contributed by atoms with van der Waals surface area (Å²) in [6, 6.07) is 9.61. The summed E-state index contributed by atoms with van der Waals surface area (Å²) in [6.45, 7) is 1.00. The number of hydrogen-bond donors (Lipinski definition) is 0. The van der Waals surface area contributed by atoms with Crippen molar-refractivity contribution in [3.8, 4) is 5.75 Å². The molecule has 1 aliphatic heterocycles. The van der Waals surface area contributed by atoms with Crippen LogP contribution in [0.4, 0.5) is 0 Å². The Kier molecular flexibility index (Phi) is 4.46. The van der Waals surface area contributed by atoms with Crippen molar-refractivity contribution >= 4 is 11.8 Å². The lowest BCUT2D eigenvalue weighted by Crippen LogP contribution is -2.37. The molecule has 0 unspecified atom stereocenters. The van der Waals surface area contributed by atoms with Gasteiger partial charge >= 0.3 is 0 Å². The van der Waals surface area contributed by atoms with Crippen LogP contribution in [0.25, 0.3) is 0 Å². The van der Waals surface area contributed by atoms with E-state index in [1.54, 1.807) is 0 Å². The highest BCUT2D eigenvalue weighted by Gasteiger charge is 2.51. The van der Waals surface area contributed by atoms with Gasteiger partial charge in [-0.25, -0.2) is 0 Å². The molecule has 1 aromatic carbocycles. The third kappa shape index (κ3) is 3.01. The Labute approximate surface area is 131 Å². The van der Waals surface area contributed by atoms with Crippen molar-refractivity contribution < 1.29 is 14.3 Å². The molecule has 1 aromatic rings. The van der Waals surface area contributed by atoms with E-state index in [0.717, 1.165) is 31.4 Å². The minimum atomic E-state index is -0.365. The van der Waals surface area contributed by atoms with Crippen molar-refractivity contribution in [2.45, 2.75) is 44.9 Å². The smallest absolute Gasteiger partial charge is 0.235 e. The van der Waals surface area contributed by atoms with E-state index in [-0.39, 0.29) is 17.2 Å². The molecular weight excluding hydrogens is 278 g/mol. The van der Waals surface area contributed by atoms with E-state index < -0.39 is 0 Å². The average Bonchev–Trinajstić information content (AvgIpc) is 2.77. The van der Waals surface area contributed by atoms with Crippen molar-refractivity contribution in [1.29, 1.82) is 0 Å². The Balaban J connectivity index is 1.50. The van der Waals surface area contributed by atoms with Crippen LogP contribution in [0.5, 0.6) is 5.75 Å². The van der Waals surface area contributed by atoms with Crippen LogP contribution in [-0.2, 0) is 9.59 Å². The molecule has 1 saturated heterocycles. The molecule has 1 heterocycles. The van der Waals surface area contributed by atoms with Gasteiger partial charge in [0.15, 0.2) is 0 Å². The van der Waals surface area contributed by atoms with Crippen LogP contribution in [0.15, 0.2) is 30.3 Å². The van der Waals surface area contributed by atoms with Crippen molar-refractivity contribution in [2.24, 2.45) is 5.41 Å². The van der Waals surface area contributed by atoms with Gasteiger partial charge in [0, 0.05) is 13.0 Å². The lowest BCUT2D eigenvalue weighted by atomic mass is 9.73. The van der Waals surface area contributed by atoms with Gasteiger partial charge in [0.2, 0.25) is 11.8 Å². The van der Waals surface area contributed by atoms with Crippen LogP contribution in [0.2, 0.25) is 0 Å². The zero-order chi connectivity index (χ0) is 15.4. The first-order valence-corrected chi connectivity index (χ1v) is 8.24. The van der Waals surface area contributed by atoms with Gasteiger partial charge in [-0.3, -0.25) is 14.5 Å². The number of rotatable bonds is 5. The predicted octanol–water partition coefficient (Wildman–Crippen LogP) is 3.16. The molecule has 0 bridgehead atoms. The average molecular weight is 301 g/mol. The summed E-state index contributed by atoms with van der Waals surface area (Å²) in [7, 11) is 0. The number of likely N-dealkylation sites (tertiary alicyclic amines) is 1. The van der Waals surface area contributed by atoms with E-state index in [2.05, 4.69) is 0 Å². The van der Waals surface area contributed by atoms with E-state index in [0.29, 0.717) is 26.0 Å². The first-order chi connectivity index (χ1) is 10.7. The molecule has 118 valence electrons. The monoisotopic (exact) mass is 301 g/mol. The van der Waals surface area contributed by atoms with E-state index in [1.807, 2.05) is 30.3 Å². The minimum absolute atomic E-state index is 0.00612. The second-order valence-electron chi connectivity index (χ2n) is 6.38. The summed E-state index contributed by atoms with van der Waals surface area (Å²) >= 11 is 0. The maximum absolute atomic E-state index is 12.6. The van der Waals surface area contributed by atoms with Crippen molar-refractivity contribution in [2.75, 3.05) is 13.2 Å². The van der Waals surface area contributed by atoms with Crippen molar-refractivity contribution in [3.63, 3.8) is 0 Å². The molecule has 1 saturated carbocycles. The molecule has 2 amide bonds. The highest BCUT2D eigenvalue weighted by Crippen LogP contribution is 2.45. The summed E-state index contributed by atoms with van der Waals surface area (Å²) in [4.78, 5) is 26.3. The van der Waals surface area contributed by atoms with Gasteiger partial charge in [-0.1, -0.05) is 37.5 Å². The maximum Gasteiger partial charge on any atom is 0.235 e. The van der Waals surface area contributed by atoms with Crippen LogP contribution < -0.4 is 4.74 Å². The van der Waals surface area contributed by atoms with E-state index >= 15 is 0 Å². The fourth-order valence-electron chi connectivity index (χ4n) is 3.63. The minimum Gasteiger partial charge on any atom is -0.494 e. The van der Waals surface area contributed by atoms with E-state index in [1.165, 1.54) is 11.3 Å². The predicted molar refractivity (Wildman–Crippen MR) is 83.4 cm³/mol. The lowest BCUT2D eigenvalue weighted by Gasteiger charge is -2.30. The first-order valence-electron chi connectivity index (χ1n) is 8.24. The fraction of sp³-hybridized carbons (Fsp3) is 0.556. The normalized spacial score (nSPS) is 20.6. The summed E-state index contributed by atoms with van der Waals surface area (Å²) < 4.78 is 5.62. The van der Waals surface area contributed by atoms with Gasteiger partial charge in [0.1, 0.15) is 5.75 Å². The molecular formula is C18H23NO3. The molecule has 0 N–H and O–H groups in total. The molecule has 1 spiro atoms. The van der Waals surface area contributed by atoms with Crippen LogP contribution in [0.3, 0.4) is 0 Å². The summed E-state index contributed by atoms with van der Waals surface area (Å²) in [5, 5.41) is 0. The SMILES string of the molecule is O=C1CC2(CCCCC2)C(=O)N1CCCOc1ccccc1. The number of para-hydroxylation sites is 1. The molecule has 0 atom stereocenters. The summed E-state index contributed by atoms with van der Waals surface area (Å²) in [6.07, 6.45) is 6.21. The number of imide groups is 1. The van der Waals surface area contributed by atoms with Crippen LogP contribution >= 0.6 is 0 Å². The Bertz CT molecular complexity index is 535. The molecule has 2 aliphatic rings. The number of amides is 2. The molecule has 0 radical (unpaired) electrons. The number of benzene rings is 1. The van der Waals surface area contributed by atoms with Gasteiger partial charge in [0.25, 0.3) is 0 Å². The van der Waals surface area contributed by atoms with Crippen LogP contribution in [0.1, 0.15) is 44.9 Å². The maximum atomic E-state index is 12.6. The van der Waals surface area contributed by atoms with Gasteiger partial charge < -0.3 is 4.74 Å². The van der Waals surface area contributed by atoms with Crippen molar-refractivity contribution in [1.82, 2.24) is 4.90 Å². The molecule has 0 aromatic heterocycles. The second-order valence-corrected chi connectivity index (χ2v) is 6.38. The third-order valence-corrected chi connectivity index (χ3v) is 4.84. The topological polar surface area (TPSA) is 46.6 Å². The van der Waals surface area contributed by atoms with Gasteiger partial charge in [-0.15, -0.1) is 0 Å². The zero-order valence-electron chi connectivity index (χ0n) is 12.9. The largest absolute Gasteiger partial charge is 0.494 e. The number of ether oxygens (including phenoxy) is 1. The summed E-state index contributed by atoms with van der Waals surface area (Å²) in [5.41, 5.74) is -0.365. The third-order valence-electron chi connectivity index (χ3n) is 4.84.